The zero-order valence-electron chi connectivity index (χ0n) is 9.87. The molecule has 0 aliphatic carbocycles. The van der Waals surface area contributed by atoms with Gasteiger partial charge >= 0.3 is 5.69 Å². The molecule has 19 heavy (non-hydrogen) atoms. The van der Waals surface area contributed by atoms with Crippen molar-refractivity contribution in [2.45, 2.75) is 4.90 Å². The Hall–Kier alpha value is -2.22. The summed E-state index contributed by atoms with van der Waals surface area (Å²) >= 11 is 0. The molecular formula is C11H10FN3O3S. The van der Waals surface area contributed by atoms with Gasteiger partial charge in [-0.05, 0) is 12.1 Å². The van der Waals surface area contributed by atoms with Crippen LogP contribution in [0.5, 0.6) is 0 Å². The first-order valence-corrected chi connectivity index (χ1v) is 6.63. The van der Waals surface area contributed by atoms with Crippen LogP contribution in [0, 0.1) is 11.2 Å². The normalized spacial score (nSPS) is 11.5. The van der Waals surface area contributed by atoms with Crippen molar-refractivity contribution in [1.29, 1.82) is 5.41 Å². The van der Waals surface area contributed by atoms with Crippen molar-refractivity contribution >= 4 is 10.0 Å². The summed E-state index contributed by atoms with van der Waals surface area (Å²) in [6, 6.07) is 7.21. The molecule has 0 unspecified atom stereocenters. The zero-order valence-corrected chi connectivity index (χ0v) is 10.7. The standard InChI is InChI=1S/C11H10FN3O3S/c1-14-10(13)9(12)7-15(11(14)16)19(17,18)8-5-3-2-4-6-8/h2-7,13H,1H3. The second-order valence-corrected chi connectivity index (χ2v) is 5.60. The van der Waals surface area contributed by atoms with Crippen molar-refractivity contribution in [1.82, 2.24) is 8.54 Å². The van der Waals surface area contributed by atoms with Crippen LogP contribution in [0.25, 0.3) is 0 Å². The number of aromatic nitrogens is 2. The highest BCUT2D eigenvalue weighted by Crippen LogP contribution is 2.10. The van der Waals surface area contributed by atoms with E-state index in [1.807, 2.05) is 0 Å². The summed E-state index contributed by atoms with van der Waals surface area (Å²) in [7, 11) is -3.04. The van der Waals surface area contributed by atoms with Crippen LogP contribution in [-0.4, -0.2) is 17.0 Å². The highest BCUT2D eigenvalue weighted by Gasteiger charge is 2.20. The van der Waals surface area contributed by atoms with Gasteiger partial charge in [0, 0.05) is 7.05 Å². The second kappa shape index (κ2) is 4.47. The number of nitrogens with one attached hydrogen (secondary N) is 1. The molecule has 0 amide bonds. The average molecular weight is 283 g/mol. The van der Waals surface area contributed by atoms with Crippen molar-refractivity contribution in [3.05, 3.63) is 58.3 Å². The van der Waals surface area contributed by atoms with Gasteiger partial charge in [-0.1, -0.05) is 18.2 Å². The van der Waals surface area contributed by atoms with Gasteiger partial charge in [0.15, 0.2) is 11.3 Å². The Bertz CT molecular complexity index is 838. The van der Waals surface area contributed by atoms with Crippen LogP contribution in [0.1, 0.15) is 0 Å². The smallest absolute Gasteiger partial charge is 0.282 e. The molecule has 0 aliphatic heterocycles. The minimum atomic E-state index is -4.17. The molecule has 1 aromatic heterocycles. The molecule has 0 radical (unpaired) electrons. The molecule has 2 rings (SSSR count). The second-order valence-electron chi connectivity index (χ2n) is 3.78. The lowest BCUT2D eigenvalue weighted by Gasteiger charge is -2.09. The van der Waals surface area contributed by atoms with Gasteiger partial charge in [-0.15, -0.1) is 0 Å². The average Bonchev–Trinajstić information content (AvgIpc) is 2.41. The molecule has 8 heteroatoms. The lowest BCUT2D eigenvalue weighted by Crippen LogP contribution is -2.41. The summed E-state index contributed by atoms with van der Waals surface area (Å²) in [6.45, 7) is 0. The molecule has 0 atom stereocenters. The van der Waals surface area contributed by atoms with Crippen molar-refractivity contribution in [2.75, 3.05) is 0 Å². The number of rotatable bonds is 2. The Morgan fingerprint density at radius 3 is 2.37 bits per heavy atom. The van der Waals surface area contributed by atoms with Gasteiger partial charge in [-0.2, -0.15) is 3.97 Å². The van der Waals surface area contributed by atoms with Crippen LogP contribution in [0.4, 0.5) is 4.39 Å². The third-order valence-electron chi connectivity index (χ3n) is 2.57. The maximum Gasteiger partial charge on any atom is 0.343 e. The fourth-order valence-corrected chi connectivity index (χ4v) is 2.79. The SMILES string of the molecule is Cn1c(=N)c(F)cn(S(=O)(=O)c2ccccc2)c1=O. The number of benzene rings is 1. The number of halogens is 1. The Morgan fingerprint density at radius 1 is 1.21 bits per heavy atom. The topological polar surface area (TPSA) is 84.9 Å². The van der Waals surface area contributed by atoms with E-state index in [-0.39, 0.29) is 8.87 Å². The van der Waals surface area contributed by atoms with Crippen LogP contribution in [0.15, 0.2) is 46.2 Å². The van der Waals surface area contributed by atoms with Crippen LogP contribution in [0.3, 0.4) is 0 Å². The number of hydrogen-bond donors (Lipinski definition) is 1. The minimum Gasteiger partial charge on any atom is -0.282 e. The highest BCUT2D eigenvalue weighted by atomic mass is 32.2. The summed E-state index contributed by atoms with van der Waals surface area (Å²) in [6.07, 6.45) is 0.507. The van der Waals surface area contributed by atoms with Gasteiger partial charge in [-0.3, -0.25) is 9.98 Å². The molecule has 1 N–H and O–H groups in total. The fraction of sp³-hybridized carbons (Fsp3) is 0.0909. The highest BCUT2D eigenvalue weighted by molar-refractivity contribution is 7.90. The molecule has 0 saturated carbocycles. The van der Waals surface area contributed by atoms with E-state index in [1.165, 1.54) is 24.3 Å². The monoisotopic (exact) mass is 283 g/mol. The van der Waals surface area contributed by atoms with Gasteiger partial charge in [0.2, 0.25) is 0 Å². The minimum absolute atomic E-state index is 0.130. The maximum atomic E-state index is 13.4. The summed E-state index contributed by atoms with van der Waals surface area (Å²) in [4.78, 5) is 11.7. The van der Waals surface area contributed by atoms with Crippen molar-refractivity contribution in [3.63, 3.8) is 0 Å². The first kappa shape index (κ1) is 13.2. The molecule has 6 nitrogen and oxygen atoms in total. The van der Waals surface area contributed by atoms with Crippen LogP contribution in [0.2, 0.25) is 0 Å². The number of hydrogen-bond acceptors (Lipinski definition) is 4. The lowest BCUT2D eigenvalue weighted by atomic mass is 10.4. The molecule has 2 aromatic rings. The molecule has 0 fully saturated rings. The third kappa shape index (κ3) is 2.10. The van der Waals surface area contributed by atoms with E-state index in [4.69, 9.17) is 5.41 Å². The van der Waals surface area contributed by atoms with Crippen LogP contribution in [-0.2, 0) is 17.1 Å². The summed E-state index contributed by atoms with van der Waals surface area (Å²) in [5.74, 6) is -1.10. The maximum absolute atomic E-state index is 13.4. The van der Waals surface area contributed by atoms with Crippen molar-refractivity contribution in [3.8, 4) is 0 Å². The predicted octanol–water partition coefficient (Wildman–Crippen LogP) is 0.0424. The van der Waals surface area contributed by atoms with Gasteiger partial charge in [0.1, 0.15) is 0 Å². The summed E-state index contributed by atoms with van der Waals surface area (Å²) in [5.41, 5.74) is -1.68. The zero-order chi connectivity index (χ0) is 14.2. The third-order valence-corrected chi connectivity index (χ3v) is 4.22. The van der Waals surface area contributed by atoms with E-state index in [2.05, 4.69) is 0 Å². The molecule has 1 heterocycles. The summed E-state index contributed by atoms with van der Waals surface area (Å²) < 4.78 is 38.7. The molecule has 100 valence electrons. The van der Waals surface area contributed by atoms with Gasteiger partial charge < -0.3 is 0 Å². The van der Waals surface area contributed by atoms with Crippen molar-refractivity contribution < 1.29 is 12.8 Å². The predicted molar refractivity (Wildman–Crippen MR) is 64.5 cm³/mol. The van der Waals surface area contributed by atoms with E-state index in [1.54, 1.807) is 6.07 Å². The Kier molecular flexibility index (Phi) is 3.11. The molecule has 0 aliphatic rings. The van der Waals surface area contributed by atoms with Crippen molar-refractivity contribution in [2.24, 2.45) is 7.05 Å². The fourth-order valence-electron chi connectivity index (χ4n) is 1.50. The molecule has 0 saturated heterocycles. The lowest BCUT2D eigenvalue weighted by molar-refractivity contribution is 0.534. The van der Waals surface area contributed by atoms with Gasteiger partial charge in [0.25, 0.3) is 10.0 Å². The van der Waals surface area contributed by atoms with E-state index in [9.17, 15) is 17.6 Å². The van der Waals surface area contributed by atoms with E-state index in [0.29, 0.717) is 10.8 Å². The molecule has 0 spiro atoms. The first-order valence-electron chi connectivity index (χ1n) is 5.19. The Balaban J connectivity index is 2.81. The quantitative estimate of drug-likeness (QED) is 0.844. The summed E-state index contributed by atoms with van der Waals surface area (Å²) in [5, 5.41) is 7.27. The number of nitrogens with zero attached hydrogens (tertiary/aromatic N) is 2. The van der Waals surface area contributed by atoms with E-state index < -0.39 is 27.0 Å². The van der Waals surface area contributed by atoms with Crippen LogP contribution >= 0.6 is 0 Å². The molecular weight excluding hydrogens is 273 g/mol. The van der Waals surface area contributed by atoms with E-state index in [0.717, 1.165) is 7.05 Å². The molecule has 0 bridgehead atoms. The van der Waals surface area contributed by atoms with E-state index >= 15 is 0 Å². The van der Waals surface area contributed by atoms with Gasteiger partial charge in [0.05, 0.1) is 11.1 Å². The first-order chi connectivity index (χ1) is 8.85. The Labute approximate surface area is 107 Å². The molecule has 1 aromatic carbocycles. The van der Waals surface area contributed by atoms with Gasteiger partial charge in [-0.25, -0.2) is 17.6 Å². The van der Waals surface area contributed by atoms with Crippen LogP contribution < -0.4 is 11.2 Å². The Morgan fingerprint density at radius 2 is 1.79 bits per heavy atom. The largest absolute Gasteiger partial charge is 0.343 e.